The quantitative estimate of drug-likeness (QED) is 0.842. The topological polar surface area (TPSA) is 62.7 Å². The van der Waals surface area contributed by atoms with Gasteiger partial charge in [0.2, 0.25) is 0 Å². The number of methoxy groups -OCH3 is 1. The smallest absolute Gasteiger partial charge is 0.253 e. The van der Waals surface area contributed by atoms with Crippen molar-refractivity contribution in [2.24, 2.45) is 4.99 Å². The number of aryl methyl sites for hydroxylation is 1. The van der Waals surface area contributed by atoms with E-state index in [0.717, 1.165) is 16.9 Å². The van der Waals surface area contributed by atoms with E-state index < -0.39 is 0 Å². The number of nitrogens with zero attached hydrogens (tertiary/aromatic N) is 1. The Morgan fingerprint density at radius 1 is 1.44 bits per heavy atom. The summed E-state index contributed by atoms with van der Waals surface area (Å²) in [5, 5.41) is 5.79. The first-order valence-corrected chi connectivity index (χ1v) is 5.92. The minimum atomic E-state index is -0.375. The lowest BCUT2D eigenvalue weighted by atomic mass is 10.0. The molecule has 1 saturated heterocycles. The van der Waals surface area contributed by atoms with Gasteiger partial charge in [-0.15, -0.1) is 0 Å². The van der Waals surface area contributed by atoms with Gasteiger partial charge in [0.15, 0.2) is 5.96 Å². The summed E-state index contributed by atoms with van der Waals surface area (Å²) in [4.78, 5) is 16.0. The number of nitrogens with one attached hydrogen (secondary N) is 2. The molecule has 1 heterocycles. The van der Waals surface area contributed by atoms with E-state index in [2.05, 4.69) is 15.6 Å². The van der Waals surface area contributed by atoms with Gasteiger partial charge in [0, 0.05) is 6.54 Å². The highest BCUT2D eigenvalue weighted by atomic mass is 16.5. The van der Waals surface area contributed by atoms with Gasteiger partial charge in [-0.25, -0.2) is 0 Å². The molecule has 1 aliphatic heterocycles. The molecule has 18 heavy (non-hydrogen) atoms. The fraction of sp³-hybridized carbons (Fsp3) is 0.385. The molecule has 96 valence electrons. The van der Waals surface area contributed by atoms with Crippen LogP contribution in [0.2, 0.25) is 0 Å². The van der Waals surface area contributed by atoms with E-state index in [0.29, 0.717) is 12.5 Å². The molecule has 2 rings (SSSR count). The van der Waals surface area contributed by atoms with E-state index in [4.69, 9.17) is 4.74 Å². The third-order valence-electron chi connectivity index (χ3n) is 2.85. The Hall–Kier alpha value is -2.04. The van der Waals surface area contributed by atoms with Crippen LogP contribution < -0.4 is 15.4 Å². The number of amides is 1. The number of benzene rings is 1. The van der Waals surface area contributed by atoms with Crippen LogP contribution in [0.25, 0.3) is 0 Å². The highest BCUT2D eigenvalue weighted by Gasteiger charge is 2.29. The van der Waals surface area contributed by atoms with Gasteiger partial charge in [0.1, 0.15) is 11.8 Å². The highest BCUT2D eigenvalue weighted by Crippen LogP contribution is 2.23. The van der Waals surface area contributed by atoms with Crippen LogP contribution in [0.1, 0.15) is 24.1 Å². The largest absolute Gasteiger partial charge is 0.496 e. The minimum Gasteiger partial charge on any atom is -0.496 e. The molecule has 1 aromatic carbocycles. The fourth-order valence-corrected chi connectivity index (χ4v) is 1.99. The van der Waals surface area contributed by atoms with Gasteiger partial charge < -0.3 is 10.1 Å². The Kier molecular flexibility index (Phi) is 3.50. The molecule has 1 amide bonds. The number of guanidine groups is 1. The number of carbonyl (C=O) groups excluding carboxylic acids is 1. The average molecular weight is 247 g/mol. The van der Waals surface area contributed by atoms with Crippen LogP contribution in [0.15, 0.2) is 23.2 Å². The van der Waals surface area contributed by atoms with Crippen molar-refractivity contribution in [1.29, 1.82) is 0 Å². The first-order valence-electron chi connectivity index (χ1n) is 5.92. The maximum absolute atomic E-state index is 11.8. The highest BCUT2D eigenvalue weighted by molar-refractivity contribution is 6.06. The molecular formula is C13H17N3O2. The third kappa shape index (κ3) is 2.30. The molecule has 0 radical (unpaired) electrons. The van der Waals surface area contributed by atoms with Crippen molar-refractivity contribution in [3.8, 4) is 5.75 Å². The van der Waals surface area contributed by atoms with Crippen molar-refractivity contribution >= 4 is 11.9 Å². The second-order valence-corrected chi connectivity index (χ2v) is 4.12. The number of aliphatic imine (C=N–C) groups is 1. The van der Waals surface area contributed by atoms with E-state index in [1.807, 2.05) is 32.0 Å². The molecule has 0 spiro atoms. The van der Waals surface area contributed by atoms with Crippen LogP contribution in [0.5, 0.6) is 5.75 Å². The molecule has 0 saturated carbocycles. The predicted octanol–water partition coefficient (Wildman–Crippen LogP) is 1.14. The second-order valence-electron chi connectivity index (χ2n) is 4.12. The lowest BCUT2D eigenvalue weighted by Crippen LogP contribution is -2.25. The van der Waals surface area contributed by atoms with Gasteiger partial charge in [0.05, 0.1) is 7.11 Å². The van der Waals surface area contributed by atoms with Crippen molar-refractivity contribution in [2.75, 3.05) is 13.7 Å². The minimum absolute atomic E-state index is 0.0771. The van der Waals surface area contributed by atoms with Gasteiger partial charge in [-0.05, 0) is 37.1 Å². The molecule has 1 unspecified atom stereocenters. The molecule has 1 aromatic rings. The molecule has 0 bridgehead atoms. The van der Waals surface area contributed by atoms with Crippen molar-refractivity contribution < 1.29 is 9.53 Å². The van der Waals surface area contributed by atoms with Gasteiger partial charge in [-0.2, -0.15) is 0 Å². The van der Waals surface area contributed by atoms with E-state index >= 15 is 0 Å². The van der Waals surface area contributed by atoms with Crippen LogP contribution in [-0.2, 0) is 4.79 Å². The predicted molar refractivity (Wildman–Crippen MR) is 69.7 cm³/mol. The molecule has 0 aliphatic carbocycles. The van der Waals surface area contributed by atoms with Crippen molar-refractivity contribution in [3.63, 3.8) is 0 Å². The summed E-state index contributed by atoms with van der Waals surface area (Å²) in [5.41, 5.74) is 1.91. The van der Waals surface area contributed by atoms with Crippen molar-refractivity contribution in [3.05, 3.63) is 29.3 Å². The van der Waals surface area contributed by atoms with Crippen molar-refractivity contribution in [1.82, 2.24) is 10.6 Å². The SMILES string of the molecule is CCN=C1NC(=O)C(c2ccc(OC)c(C)c2)N1. The lowest BCUT2D eigenvalue weighted by molar-refractivity contribution is -0.120. The van der Waals surface area contributed by atoms with E-state index in [1.54, 1.807) is 7.11 Å². The molecule has 5 heteroatoms. The summed E-state index contributed by atoms with van der Waals surface area (Å²) in [6.07, 6.45) is 0. The number of hydrogen-bond donors (Lipinski definition) is 2. The maximum Gasteiger partial charge on any atom is 0.253 e. The summed E-state index contributed by atoms with van der Waals surface area (Å²) in [5.74, 6) is 1.28. The van der Waals surface area contributed by atoms with E-state index in [1.165, 1.54) is 0 Å². The Labute approximate surface area is 106 Å². The van der Waals surface area contributed by atoms with Crippen LogP contribution in [0, 0.1) is 6.92 Å². The number of carbonyl (C=O) groups is 1. The molecule has 1 aliphatic rings. The molecule has 1 atom stereocenters. The van der Waals surface area contributed by atoms with E-state index in [9.17, 15) is 4.79 Å². The Morgan fingerprint density at radius 2 is 2.22 bits per heavy atom. The Morgan fingerprint density at radius 3 is 2.83 bits per heavy atom. The zero-order valence-electron chi connectivity index (χ0n) is 10.8. The van der Waals surface area contributed by atoms with E-state index in [-0.39, 0.29) is 11.9 Å². The van der Waals surface area contributed by atoms with Crippen molar-refractivity contribution in [2.45, 2.75) is 19.9 Å². The summed E-state index contributed by atoms with van der Waals surface area (Å²) < 4.78 is 5.20. The monoisotopic (exact) mass is 247 g/mol. The third-order valence-corrected chi connectivity index (χ3v) is 2.85. The van der Waals surface area contributed by atoms with Crippen LogP contribution >= 0.6 is 0 Å². The summed E-state index contributed by atoms with van der Waals surface area (Å²) in [6, 6.07) is 5.33. The van der Waals surface area contributed by atoms with Crippen LogP contribution in [0.3, 0.4) is 0 Å². The summed E-state index contributed by atoms with van der Waals surface area (Å²) >= 11 is 0. The lowest BCUT2D eigenvalue weighted by Gasteiger charge is -2.11. The number of hydrogen-bond acceptors (Lipinski definition) is 3. The maximum atomic E-state index is 11.8. The van der Waals surface area contributed by atoms with Gasteiger partial charge in [-0.3, -0.25) is 15.1 Å². The standard InChI is InChI=1S/C13H17N3O2/c1-4-14-13-15-11(12(17)16-13)9-5-6-10(18-3)8(2)7-9/h5-7,11H,4H2,1-3H3,(H2,14,15,16,17). The average Bonchev–Trinajstić information content (AvgIpc) is 2.71. The Bertz CT molecular complexity index is 497. The normalized spacial score (nSPS) is 20.7. The summed E-state index contributed by atoms with van der Waals surface area (Å²) in [6.45, 7) is 4.51. The first-order chi connectivity index (χ1) is 8.65. The Balaban J connectivity index is 2.25. The zero-order valence-corrected chi connectivity index (χ0v) is 10.8. The van der Waals surface area contributed by atoms with Gasteiger partial charge in [-0.1, -0.05) is 6.07 Å². The number of rotatable bonds is 3. The summed E-state index contributed by atoms with van der Waals surface area (Å²) in [7, 11) is 1.63. The van der Waals surface area contributed by atoms with Gasteiger partial charge >= 0.3 is 0 Å². The van der Waals surface area contributed by atoms with Gasteiger partial charge in [0.25, 0.3) is 5.91 Å². The number of ether oxygens (including phenoxy) is 1. The first kappa shape index (κ1) is 12.4. The molecule has 2 N–H and O–H groups in total. The molecular weight excluding hydrogens is 230 g/mol. The van der Waals surface area contributed by atoms with Crippen LogP contribution in [-0.4, -0.2) is 25.5 Å². The fourth-order valence-electron chi connectivity index (χ4n) is 1.99. The molecule has 0 aromatic heterocycles. The zero-order chi connectivity index (χ0) is 13.1. The second kappa shape index (κ2) is 5.08. The molecule has 5 nitrogen and oxygen atoms in total. The van der Waals surface area contributed by atoms with Crippen LogP contribution in [0.4, 0.5) is 0 Å². The molecule has 1 fully saturated rings.